The Morgan fingerprint density at radius 3 is 2.86 bits per heavy atom. The number of carbonyl (C=O) groups excluding carboxylic acids is 1. The minimum Gasteiger partial charge on any atom is -0.384 e. The Morgan fingerprint density at radius 1 is 1.48 bits per heavy atom. The summed E-state index contributed by atoms with van der Waals surface area (Å²) in [6.07, 6.45) is 0. The molecule has 1 aromatic rings. The summed E-state index contributed by atoms with van der Waals surface area (Å²) < 4.78 is 0. The van der Waals surface area contributed by atoms with Gasteiger partial charge in [0.15, 0.2) is 0 Å². The number of benzene rings is 1. The smallest absolute Gasteiger partial charge is 0.254 e. The summed E-state index contributed by atoms with van der Waals surface area (Å²) in [5, 5.41) is 9.13. The monoisotopic (exact) mass is 306 g/mol. The van der Waals surface area contributed by atoms with Crippen LogP contribution in [-0.2, 0) is 0 Å². The molecule has 0 radical (unpaired) electrons. The van der Waals surface area contributed by atoms with E-state index in [2.05, 4.69) is 30.7 Å². The molecule has 1 aliphatic rings. The molecule has 21 heavy (non-hydrogen) atoms. The van der Waals surface area contributed by atoms with E-state index in [4.69, 9.17) is 16.7 Å². The van der Waals surface area contributed by atoms with Crippen molar-refractivity contribution < 1.29 is 9.90 Å². The van der Waals surface area contributed by atoms with E-state index in [1.165, 1.54) is 0 Å². The predicted molar refractivity (Wildman–Crippen MR) is 83.4 cm³/mol. The number of nitrogens with zero attached hydrogens (tertiary/aromatic N) is 2. The average Bonchev–Trinajstić information content (AvgIpc) is 2.45. The van der Waals surface area contributed by atoms with E-state index >= 15 is 0 Å². The molecular weight excluding hydrogens is 288 g/mol. The third-order valence-corrected chi connectivity index (χ3v) is 3.92. The van der Waals surface area contributed by atoms with E-state index in [0.717, 1.165) is 19.6 Å². The van der Waals surface area contributed by atoms with Crippen LogP contribution in [0.2, 0.25) is 5.02 Å². The molecule has 4 nitrogen and oxygen atoms in total. The van der Waals surface area contributed by atoms with E-state index in [9.17, 15) is 4.79 Å². The lowest BCUT2D eigenvalue weighted by molar-refractivity contribution is 0.0533. The standard InChI is InChI=1S/C16H19ClN2O2/c1-12-11-18(2)7-8-19(12)16(21)14-6-5-13(4-3-9-20)15(17)10-14/h5-6,10,12,20H,7-9,11H2,1-2H3. The first-order valence-electron chi connectivity index (χ1n) is 6.91. The third-order valence-electron chi connectivity index (χ3n) is 3.61. The van der Waals surface area contributed by atoms with Gasteiger partial charge in [-0.05, 0) is 32.2 Å². The first kappa shape index (κ1) is 15.8. The van der Waals surface area contributed by atoms with E-state index in [0.29, 0.717) is 16.1 Å². The van der Waals surface area contributed by atoms with Gasteiger partial charge in [-0.25, -0.2) is 0 Å². The van der Waals surface area contributed by atoms with Gasteiger partial charge in [0.05, 0.1) is 5.02 Å². The Bertz CT molecular complexity index is 592. The van der Waals surface area contributed by atoms with E-state index in [1.54, 1.807) is 18.2 Å². The van der Waals surface area contributed by atoms with Crippen LogP contribution in [0.3, 0.4) is 0 Å². The highest BCUT2D eigenvalue weighted by Crippen LogP contribution is 2.20. The Balaban J connectivity index is 2.18. The summed E-state index contributed by atoms with van der Waals surface area (Å²) in [6.45, 7) is 4.32. The van der Waals surface area contributed by atoms with Crippen molar-refractivity contribution in [1.29, 1.82) is 0 Å². The van der Waals surface area contributed by atoms with Crippen molar-refractivity contribution in [3.8, 4) is 11.8 Å². The molecule has 0 bridgehead atoms. The van der Waals surface area contributed by atoms with Crippen LogP contribution >= 0.6 is 11.6 Å². The molecule has 1 heterocycles. The van der Waals surface area contributed by atoms with Gasteiger partial charge in [0.25, 0.3) is 5.91 Å². The summed E-state index contributed by atoms with van der Waals surface area (Å²) in [5.41, 5.74) is 1.19. The van der Waals surface area contributed by atoms with Crippen molar-refractivity contribution in [3.63, 3.8) is 0 Å². The summed E-state index contributed by atoms with van der Waals surface area (Å²) in [7, 11) is 2.06. The Morgan fingerprint density at radius 2 is 2.24 bits per heavy atom. The fourth-order valence-electron chi connectivity index (χ4n) is 2.49. The van der Waals surface area contributed by atoms with Crippen LogP contribution in [0.1, 0.15) is 22.8 Å². The molecule has 0 aromatic heterocycles. The molecule has 1 atom stereocenters. The molecule has 1 fully saturated rings. The second kappa shape index (κ2) is 6.95. The number of hydrogen-bond acceptors (Lipinski definition) is 3. The van der Waals surface area contributed by atoms with Crippen molar-refractivity contribution in [3.05, 3.63) is 34.3 Å². The van der Waals surface area contributed by atoms with Gasteiger partial charge in [-0.1, -0.05) is 23.4 Å². The minimum atomic E-state index is -0.212. The molecule has 0 saturated carbocycles. The number of piperazine rings is 1. The summed E-state index contributed by atoms with van der Waals surface area (Å²) in [6, 6.07) is 5.29. The van der Waals surface area contributed by atoms with Crippen LogP contribution < -0.4 is 0 Å². The predicted octanol–water partition coefficient (Wildman–Crippen LogP) is 1.46. The zero-order chi connectivity index (χ0) is 15.4. The van der Waals surface area contributed by atoms with Gasteiger partial charge in [-0.15, -0.1) is 0 Å². The van der Waals surface area contributed by atoms with Gasteiger partial charge >= 0.3 is 0 Å². The molecule has 1 aromatic carbocycles. The largest absolute Gasteiger partial charge is 0.384 e. The number of amides is 1. The van der Waals surface area contributed by atoms with Crippen molar-refractivity contribution in [2.75, 3.05) is 33.3 Å². The third kappa shape index (κ3) is 3.76. The van der Waals surface area contributed by atoms with E-state index in [1.807, 2.05) is 4.90 Å². The van der Waals surface area contributed by atoms with Crippen LogP contribution in [0.5, 0.6) is 0 Å². The summed E-state index contributed by atoms with van der Waals surface area (Å²) in [5.74, 6) is 5.31. The normalized spacial score (nSPS) is 19.0. The highest BCUT2D eigenvalue weighted by atomic mass is 35.5. The maximum absolute atomic E-state index is 12.6. The SMILES string of the molecule is CC1CN(C)CCN1C(=O)c1ccc(C#CCO)c(Cl)c1. The molecule has 112 valence electrons. The number of aliphatic hydroxyl groups excluding tert-OH is 1. The van der Waals surface area contributed by atoms with Crippen molar-refractivity contribution in [2.24, 2.45) is 0 Å². The molecule has 2 rings (SSSR count). The van der Waals surface area contributed by atoms with Crippen LogP contribution in [0.4, 0.5) is 0 Å². The lowest BCUT2D eigenvalue weighted by Crippen LogP contribution is -2.52. The van der Waals surface area contributed by atoms with Crippen LogP contribution in [0.15, 0.2) is 18.2 Å². The van der Waals surface area contributed by atoms with Crippen molar-refractivity contribution >= 4 is 17.5 Å². The summed E-state index contributed by atoms with van der Waals surface area (Å²) in [4.78, 5) is 16.7. The highest BCUT2D eigenvalue weighted by Gasteiger charge is 2.26. The highest BCUT2D eigenvalue weighted by molar-refractivity contribution is 6.32. The lowest BCUT2D eigenvalue weighted by atomic mass is 10.1. The molecule has 0 spiro atoms. The Kier molecular flexibility index (Phi) is 5.24. The minimum absolute atomic E-state index is 0.000771. The van der Waals surface area contributed by atoms with Crippen molar-refractivity contribution in [1.82, 2.24) is 9.80 Å². The molecule has 1 saturated heterocycles. The number of rotatable bonds is 1. The molecule has 1 N–H and O–H groups in total. The average molecular weight is 307 g/mol. The number of likely N-dealkylation sites (N-methyl/N-ethyl adjacent to an activating group) is 1. The molecule has 5 heteroatoms. The second-order valence-corrected chi connectivity index (χ2v) is 5.67. The maximum Gasteiger partial charge on any atom is 0.254 e. The van der Waals surface area contributed by atoms with Crippen molar-refractivity contribution in [2.45, 2.75) is 13.0 Å². The number of carbonyl (C=O) groups is 1. The van der Waals surface area contributed by atoms with Gasteiger partial charge < -0.3 is 14.9 Å². The Labute approximate surface area is 130 Å². The Hall–Kier alpha value is -1.54. The quantitative estimate of drug-likeness (QED) is 0.799. The van der Waals surface area contributed by atoms with E-state index < -0.39 is 0 Å². The maximum atomic E-state index is 12.6. The molecule has 1 amide bonds. The van der Waals surface area contributed by atoms with Crippen LogP contribution in [0, 0.1) is 11.8 Å². The van der Waals surface area contributed by atoms with Gasteiger partial charge in [-0.2, -0.15) is 0 Å². The zero-order valence-corrected chi connectivity index (χ0v) is 13.0. The topological polar surface area (TPSA) is 43.8 Å². The molecule has 1 aliphatic heterocycles. The number of hydrogen-bond donors (Lipinski definition) is 1. The van der Waals surface area contributed by atoms with Gasteiger partial charge in [-0.3, -0.25) is 4.79 Å². The second-order valence-electron chi connectivity index (χ2n) is 5.26. The molecule has 0 aliphatic carbocycles. The first-order valence-corrected chi connectivity index (χ1v) is 7.29. The summed E-state index contributed by atoms with van der Waals surface area (Å²) >= 11 is 6.14. The lowest BCUT2D eigenvalue weighted by Gasteiger charge is -2.38. The van der Waals surface area contributed by atoms with Crippen LogP contribution in [-0.4, -0.2) is 60.1 Å². The van der Waals surface area contributed by atoms with Gasteiger partial charge in [0.2, 0.25) is 0 Å². The first-order chi connectivity index (χ1) is 10.0. The van der Waals surface area contributed by atoms with Gasteiger partial charge in [0.1, 0.15) is 6.61 Å². The number of halogens is 1. The zero-order valence-electron chi connectivity index (χ0n) is 12.3. The van der Waals surface area contributed by atoms with Gasteiger partial charge in [0, 0.05) is 36.8 Å². The van der Waals surface area contributed by atoms with Crippen LogP contribution in [0.25, 0.3) is 0 Å². The molecule has 1 unspecified atom stereocenters. The fraction of sp³-hybridized carbons (Fsp3) is 0.438. The van der Waals surface area contributed by atoms with E-state index in [-0.39, 0.29) is 18.6 Å². The fourth-order valence-corrected chi connectivity index (χ4v) is 2.72. The number of aliphatic hydroxyl groups is 1. The molecular formula is C16H19ClN2O2.